The third-order valence-corrected chi connectivity index (χ3v) is 15.9. The molecule has 1 heterocycles. The molecule has 0 N–H and O–H groups in total. The van der Waals surface area contributed by atoms with Crippen molar-refractivity contribution < 1.29 is 0 Å². The van der Waals surface area contributed by atoms with E-state index in [9.17, 15) is 0 Å². The first kappa shape index (κ1) is 31.5. The van der Waals surface area contributed by atoms with Crippen LogP contribution < -0.4 is 9.80 Å². The lowest BCUT2D eigenvalue weighted by Crippen LogP contribution is -2.48. The minimum atomic E-state index is 0.430. The Balaban J connectivity index is 0.950. The van der Waals surface area contributed by atoms with Crippen molar-refractivity contribution in [2.24, 2.45) is 35.5 Å². The zero-order valence-corrected chi connectivity index (χ0v) is 31.7. The summed E-state index contributed by atoms with van der Waals surface area (Å²) in [7, 11) is 0. The van der Waals surface area contributed by atoms with Gasteiger partial charge >= 0.3 is 0 Å². The molecule has 0 atom stereocenters. The molecule has 2 heteroatoms. The van der Waals surface area contributed by atoms with Crippen LogP contribution in [0.4, 0.5) is 11.4 Å². The van der Waals surface area contributed by atoms with Gasteiger partial charge in [0.2, 0.25) is 6.67 Å². The Morgan fingerprint density at radius 1 is 0.490 bits per heavy atom. The van der Waals surface area contributed by atoms with Crippen LogP contribution in [0.5, 0.6) is 0 Å². The second-order valence-electron chi connectivity index (χ2n) is 20.0. The molecule has 4 aromatic rings. The fourth-order valence-electron chi connectivity index (χ4n) is 14.6. The molecule has 2 radical (unpaired) electrons. The van der Waals surface area contributed by atoms with Crippen LogP contribution in [0.15, 0.2) is 60.7 Å². The lowest BCUT2D eigenvalue weighted by Gasteiger charge is -2.57. The van der Waals surface area contributed by atoms with Gasteiger partial charge in [-0.15, -0.1) is 0 Å². The topological polar surface area (TPSA) is 6.48 Å². The molecule has 2 nitrogen and oxygen atoms in total. The monoisotopic (exact) mass is 674 g/mol. The van der Waals surface area contributed by atoms with Crippen LogP contribution in [0, 0.1) is 42.2 Å². The molecule has 0 aromatic heterocycles. The quantitative estimate of drug-likeness (QED) is 0.201. The molecule has 0 amide bonds. The molecule has 264 valence electrons. The fraction of sp³-hybridized carbons (Fsp3) is 0.571. The van der Waals surface area contributed by atoms with E-state index in [2.05, 4.69) is 105 Å². The summed E-state index contributed by atoms with van der Waals surface area (Å²) in [6, 6.07) is 25.1. The molecule has 51 heavy (non-hydrogen) atoms. The number of nitrogens with zero attached hydrogens (tertiary/aromatic N) is 2. The SMILES string of the molecule is CC(C)c1ccc2cc(C34CC5CC(CC(C5)C3)C4)ccc2c1N1[C]N(c2c(C(C)C)ccc3cc(C45CC6CC(CC(C6)C4)C5)ccc23)CC1. The van der Waals surface area contributed by atoms with Gasteiger partial charge in [0.15, 0.2) is 0 Å². The van der Waals surface area contributed by atoms with E-state index in [4.69, 9.17) is 0 Å². The number of fused-ring (bicyclic) bond motifs is 2. The van der Waals surface area contributed by atoms with Gasteiger partial charge < -0.3 is 9.80 Å². The molecule has 4 aromatic carbocycles. The Hall–Kier alpha value is -3.00. The van der Waals surface area contributed by atoms with Gasteiger partial charge in [0, 0.05) is 23.9 Å². The van der Waals surface area contributed by atoms with Gasteiger partial charge in [-0.3, -0.25) is 0 Å². The van der Waals surface area contributed by atoms with Crippen molar-refractivity contribution in [1.29, 1.82) is 0 Å². The Morgan fingerprint density at radius 2 is 0.843 bits per heavy atom. The molecule has 8 aliphatic carbocycles. The summed E-state index contributed by atoms with van der Waals surface area (Å²) in [6.07, 6.45) is 17.6. The Morgan fingerprint density at radius 3 is 1.18 bits per heavy atom. The normalized spacial score (nSPS) is 35.1. The van der Waals surface area contributed by atoms with Crippen LogP contribution >= 0.6 is 0 Å². The summed E-state index contributed by atoms with van der Waals surface area (Å²) in [5.74, 6) is 6.74. The molecular weight excluding hydrogens is 617 g/mol. The molecule has 8 bridgehead atoms. The minimum Gasteiger partial charge on any atom is -0.339 e. The Kier molecular flexibility index (Phi) is 6.96. The largest absolute Gasteiger partial charge is 0.339 e. The maximum absolute atomic E-state index is 4.01. The average Bonchev–Trinajstić information content (AvgIpc) is 3.58. The zero-order chi connectivity index (χ0) is 34.2. The van der Waals surface area contributed by atoms with Gasteiger partial charge in [-0.25, -0.2) is 0 Å². The van der Waals surface area contributed by atoms with E-state index in [-0.39, 0.29) is 0 Å². The standard InChI is InChI=1S/C49H58N2/c1-30(2)42-9-5-38-21-40(48-23-32-15-33(24-48)17-34(16-32)25-48)7-11-44(38)46(42)50-13-14-51(29-50)47-43(31(3)4)10-6-39-22-41(8-12-45(39)47)49-26-35-18-36(27-49)20-37(19-35)28-49/h5-12,21-22,30-37H,13-20,23-28H2,1-4H3. The fourth-order valence-corrected chi connectivity index (χ4v) is 14.6. The predicted octanol–water partition coefficient (Wildman–Crippen LogP) is 12.5. The highest BCUT2D eigenvalue weighted by molar-refractivity contribution is 6.00. The smallest absolute Gasteiger partial charge is 0.208 e. The highest BCUT2D eigenvalue weighted by Crippen LogP contribution is 2.62. The maximum Gasteiger partial charge on any atom is 0.208 e. The van der Waals surface area contributed by atoms with Gasteiger partial charge in [0.1, 0.15) is 0 Å². The number of hydrogen-bond acceptors (Lipinski definition) is 2. The highest BCUT2D eigenvalue weighted by Gasteiger charge is 2.53. The lowest BCUT2D eigenvalue weighted by molar-refractivity contribution is -0.00525. The van der Waals surface area contributed by atoms with Crippen LogP contribution in [0.25, 0.3) is 21.5 Å². The number of anilines is 2. The Bertz CT molecular complexity index is 1820. The molecule has 0 unspecified atom stereocenters. The molecule has 1 aliphatic heterocycles. The van der Waals surface area contributed by atoms with E-state index in [1.165, 1.54) is 121 Å². The van der Waals surface area contributed by atoms with Crippen molar-refractivity contribution >= 4 is 32.9 Å². The summed E-state index contributed by atoms with van der Waals surface area (Å²) in [4.78, 5) is 4.99. The summed E-state index contributed by atoms with van der Waals surface area (Å²) >= 11 is 0. The average molecular weight is 675 g/mol. The minimum absolute atomic E-state index is 0.430. The second-order valence-corrected chi connectivity index (χ2v) is 20.0. The zero-order valence-electron chi connectivity index (χ0n) is 31.7. The maximum atomic E-state index is 4.01. The second kappa shape index (κ2) is 11.3. The van der Waals surface area contributed by atoms with Gasteiger partial charge in [-0.2, -0.15) is 0 Å². The van der Waals surface area contributed by atoms with E-state index < -0.39 is 0 Å². The molecule has 1 saturated heterocycles. The van der Waals surface area contributed by atoms with Crippen molar-refractivity contribution in [2.45, 2.75) is 127 Å². The number of hydrogen-bond donors (Lipinski definition) is 0. The molecule has 13 rings (SSSR count). The Labute approximate surface area is 307 Å². The van der Waals surface area contributed by atoms with Crippen molar-refractivity contribution in [2.75, 3.05) is 22.9 Å². The summed E-state index contributed by atoms with van der Waals surface area (Å²) in [5, 5.41) is 5.67. The van der Waals surface area contributed by atoms with Gasteiger partial charge in [-0.05, 0) is 168 Å². The van der Waals surface area contributed by atoms with Crippen LogP contribution in [0.3, 0.4) is 0 Å². The first-order valence-electron chi connectivity index (χ1n) is 21.2. The predicted molar refractivity (Wildman–Crippen MR) is 214 cm³/mol. The van der Waals surface area contributed by atoms with E-state index in [0.29, 0.717) is 22.7 Å². The summed E-state index contributed by atoms with van der Waals surface area (Å²) < 4.78 is 0. The van der Waals surface area contributed by atoms with Crippen molar-refractivity contribution in [3.8, 4) is 0 Å². The van der Waals surface area contributed by atoms with Gasteiger partial charge in [-0.1, -0.05) is 88.4 Å². The molecule has 8 saturated carbocycles. The molecule has 0 spiro atoms. The molecule has 9 aliphatic rings. The summed E-state index contributed by atoms with van der Waals surface area (Å²) in [6.45, 7) is 15.4. The third kappa shape index (κ3) is 4.86. The van der Waals surface area contributed by atoms with Crippen LogP contribution in [-0.2, 0) is 10.8 Å². The first-order chi connectivity index (χ1) is 24.7. The van der Waals surface area contributed by atoms with E-state index in [0.717, 1.165) is 48.6 Å². The number of rotatable bonds is 6. The van der Waals surface area contributed by atoms with E-state index in [1.807, 2.05) is 0 Å². The van der Waals surface area contributed by atoms with E-state index in [1.54, 1.807) is 11.1 Å². The van der Waals surface area contributed by atoms with Crippen molar-refractivity contribution in [3.63, 3.8) is 0 Å². The lowest BCUT2D eigenvalue weighted by atomic mass is 9.48. The third-order valence-electron chi connectivity index (χ3n) is 15.9. The first-order valence-corrected chi connectivity index (χ1v) is 21.2. The van der Waals surface area contributed by atoms with Crippen molar-refractivity contribution in [1.82, 2.24) is 0 Å². The van der Waals surface area contributed by atoms with Gasteiger partial charge in [0.05, 0.1) is 11.4 Å². The van der Waals surface area contributed by atoms with E-state index >= 15 is 0 Å². The van der Waals surface area contributed by atoms with Crippen molar-refractivity contribution in [3.05, 3.63) is 89.6 Å². The van der Waals surface area contributed by atoms with Crippen LogP contribution in [0.1, 0.15) is 139 Å². The highest BCUT2D eigenvalue weighted by atomic mass is 15.4. The van der Waals surface area contributed by atoms with Crippen LogP contribution in [0.2, 0.25) is 0 Å². The molecule has 9 fully saturated rings. The summed E-state index contributed by atoms with van der Waals surface area (Å²) in [5.41, 5.74) is 9.80. The van der Waals surface area contributed by atoms with Crippen LogP contribution in [-0.4, -0.2) is 13.1 Å². The molecular formula is C49H58N2. The van der Waals surface area contributed by atoms with Gasteiger partial charge in [0.25, 0.3) is 0 Å². The number of benzene rings is 4.